The van der Waals surface area contributed by atoms with Gasteiger partial charge in [0.15, 0.2) is 0 Å². The lowest BCUT2D eigenvalue weighted by Crippen LogP contribution is -2.44. The van der Waals surface area contributed by atoms with E-state index in [9.17, 15) is 9.59 Å². The molecule has 0 aliphatic carbocycles. The molecule has 1 saturated heterocycles. The van der Waals surface area contributed by atoms with E-state index in [0.29, 0.717) is 18.0 Å². The molecule has 3 heterocycles. The first-order valence-corrected chi connectivity index (χ1v) is 9.11. The van der Waals surface area contributed by atoms with Gasteiger partial charge in [-0.05, 0) is 35.9 Å². The minimum Gasteiger partial charge on any atom is -0.497 e. The number of carbonyl (C=O) groups excluding carboxylic acids is 2. The molecule has 2 aliphatic rings. The van der Waals surface area contributed by atoms with E-state index in [2.05, 4.69) is 15.6 Å². The molecule has 7 heteroatoms. The second kappa shape index (κ2) is 7.82. The van der Waals surface area contributed by atoms with Crippen molar-refractivity contribution in [3.63, 3.8) is 0 Å². The van der Waals surface area contributed by atoms with Crippen molar-refractivity contribution in [1.29, 1.82) is 0 Å². The molecule has 2 aromatic rings. The zero-order valence-corrected chi connectivity index (χ0v) is 15.4. The number of methoxy groups -OCH3 is 1. The zero-order chi connectivity index (χ0) is 19.5. The normalized spacial score (nSPS) is 24.8. The van der Waals surface area contributed by atoms with E-state index >= 15 is 0 Å². The van der Waals surface area contributed by atoms with E-state index in [1.54, 1.807) is 43.8 Å². The molecule has 144 valence electrons. The van der Waals surface area contributed by atoms with Crippen LogP contribution < -0.4 is 15.4 Å². The Bertz CT molecular complexity index is 882. The van der Waals surface area contributed by atoms with Gasteiger partial charge in [0, 0.05) is 24.6 Å². The topological polar surface area (TPSA) is 89.5 Å². The van der Waals surface area contributed by atoms with Crippen LogP contribution in [0, 0.1) is 11.8 Å². The van der Waals surface area contributed by atoms with Crippen molar-refractivity contribution in [1.82, 2.24) is 10.3 Å². The lowest BCUT2D eigenvalue weighted by atomic mass is 9.81. The minimum atomic E-state index is -0.578. The van der Waals surface area contributed by atoms with Crippen LogP contribution in [0.5, 0.6) is 5.75 Å². The number of carbonyl (C=O) groups is 2. The first-order chi connectivity index (χ1) is 13.7. The number of hydrogen-bond acceptors (Lipinski definition) is 5. The van der Waals surface area contributed by atoms with Crippen LogP contribution in [0.15, 0.2) is 60.9 Å². The minimum absolute atomic E-state index is 0.199. The van der Waals surface area contributed by atoms with Crippen LogP contribution in [0.1, 0.15) is 5.56 Å². The highest BCUT2D eigenvalue weighted by molar-refractivity contribution is 5.97. The smallest absolute Gasteiger partial charge is 0.231 e. The fourth-order valence-electron chi connectivity index (χ4n) is 3.64. The van der Waals surface area contributed by atoms with Gasteiger partial charge in [0.1, 0.15) is 5.75 Å². The summed E-state index contributed by atoms with van der Waals surface area (Å²) in [5.41, 5.74) is 1.54. The Morgan fingerprint density at radius 2 is 1.79 bits per heavy atom. The number of pyridine rings is 1. The fraction of sp³-hybridized carbons (Fsp3) is 0.286. The summed E-state index contributed by atoms with van der Waals surface area (Å²) in [4.78, 5) is 29.8. The summed E-state index contributed by atoms with van der Waals surface area (Å²) in [5.74, 6) is -0.869. The molecule has 0 unspecified atom stereocenters. The summed E-state index contributed by atoms with van der Waals surface area (Å²) in [7, 11) is 1.58. The summed E-state index contributed by atoms with van der Waals surface area (Å²) in [6.45, 7) is 0.358. The molecule has 4 atom stereocenters. The van der Waals surface area contributed by atoms with Crippen molar-refractivity contribution < 1.29 is 19.1 Å². The standard InChI is InChI=1S/C21H21N3O4/c1-27-15-6-4-14(5-7-15)24-21(26)19-17-9-8-16(28-17)18(19)20(25)23-12-13-3-2-10-22-11-13/h2-11,16-19H,12H2,1H3,(H,23,25)(H,24,26)/t16-,17+,18-,19-/m0/s1. The number of fused-ring (bicyclic) bond motifs is 2. The second-order valence-corrected chi connectivity index (χ2v) is 6.80. The number of nitrogens with zero attached hydrogens (tertiary/aromatic N) is 1. The maximum Gasteiger partial charge on any atom is 0.231 e. The van der Waals surface area contributed by atoms with E-state index in [1.807, 2.05) is 24.3 Å². The number of amides is 2. The molecule has 0 spiro atoms. The predicted octanol–water partition coefficient (Wildman–Crippen LogP) is 1.91. The van der Waals surface area contributed by atoms with Crippen LogP contribution in [0.3, 0.4) is 0 Å². The second-order valence-electron chi connectivity index (χ2n) is 6.80. The summed E-state index contributed by atoms with van der Waals surface area (Å²) in [5, 5.41) is 5.78. The van der Waals surface area contributed by atoms with Gasteiger partial charge in [0.05, 0.1) is 31.2 Å². The van der Waals surface area contributed by atoms with E-state index in [-0.39, 0.29) is 17.9 Å². The van der Waals surface area contributed by atoms with E-state index in [4.69, 9.17) is 9.47 Å². The number of nitrogens with one attached hydrogen (secondary N) is 2. The fourth-order valence-corrected chi connectivity index (χ4v) is 3.64. The molecular weight excluding hydrogens is 358 g/mol. The van der Waals surface area contributed by atoms with Crippen LogP contribution in [0.4, 0.5) is 5.69 Å². The molecule has 2 aliphatic heterocycles. The first kappa shape index (κ1) is 18.2. The number of hydrogen-bond donors (Lipinski definition) is 2. The van der Waals surface area contributed by atoms with Gasteiger partial charge in [0.2, 0.25) is 11.8 Å². The Kier molecular flexibility index (Phi) is 5.08. The lowest BCUT2D eigenvalue weighted by Gasteiger charge is -2.23. The summed E-state index contributed by atoms with van der Waals surface area (Å²) in [6, 6.07) is 10.8. The number of ether oxygens (including phenoxy) is 2. The molecule has 4 rings (SSSR count). The van der Waals surface area contributed by atoms with Crippen molar-refractivity contribution in [3.8, 4) is 5.75 Å². The number of benzene rings is 1. The molecule has 1 aromatic heterocycles. The summed E-state index contributed by atoms with van der Waals surface area (Å²) in [6.07, 6.45) is 6.32. The van der Waals surface area contributed by atoms with Gasteiger partial charge in [-0.3, -0.25) is 14.6 Å². The quantitative estimate of drug-likeness (QED) is 0.749. The average Bonchev–Trinajstić information content (AvgIpc) is 3.35. The molecule has 7 nitrogen and oxygen atoms in total. The largest absolute Gasteiger partial charge is 0.497 e. The van der Waals surface area contributed by atoms with Gasteiger partial charge < -0.3 is 20.1 Å². The molecule has 2 bridgehead atoms. The molecule has 2 amide bonds. The highest BCUT2D eigenvalue weighted by atomic mass is 16.5. The predicted molar refractivity (Wildman–Crippen MR) is 102 cm³/mol. The van der Waals surface area contributed by atoms with Gasteiger partial charge in [-0.1, -0.05) is 18.2 Å². The maximum atomic E-state index is 12.9. The van der Waals surface area contributed by atoms with Crippen molar-refractivity contribution in [3.05, 3.63) is 66.5 Å². The highest BCUT2D eigenvalue weighted by Gasteiger charge is 2.52. The molecule has 1 fully saturated rings. The van der Waals surface area contributed by atoms with Crippen LogP contribution in [0.25, 0.3) is 0 Å². The molecule has 28 heavy (non-hydrogen) atoms. The number of anilines is 1. The molecule has 0 radical (unpaired) electrons. The lowest BCUT2D eigenvalue weighted by molar-refractivity contribution is -0.131. The Morgan fingerprint density at radius 1 is 1.07 bits per heavy atom. The molecule has 2 N–H and O–H groups in total. The van der Waals surface area contributed by atoms with Crippen molar-refractivity contribution in [2.75, 3.05) is 12.4 Å². The molecular formula is C21H21N3O4. The van der Waals surface area contributed by atoms with Gasteiger partial charge in [0.25, 0.3) is 0 Å². The van der Waals surface area contributed by atoms with Crippen molar-refractivity contribution in [2.45, 2.75) is 18.8 Å². The van der Waals surface area contributed by atoms with Gasteiger partial charge in [-0.2, -0.15) is 0 Å². The SMILES string of the molecule is COc1ccc(NC(=O)[C@@H]2[C@@H](C(=O)NCc3cccnc3)[C@@H]3C=C[C@H]2O3)cc1. The van der Waals surface area contributed by atoms with Crippen LogP contribution in [0.2, 0.25) is 0 Å². The summed E-state index contributed by atoms with van der Waals surface area (Å²) >= 11 is 0. The van der Waals surface area contributed by atoms with Gasteiger partial charge >= 0.3 is 0 Å². The Hall–Kier alpha value is -3.19. The monoisotopic (exact) mass is 379 g/mol. The Labute approximate surface area is 162 Å². The van der Waals surface area contributed by atoms with Crippen LogP contribution in [-0.2, 0) is 20.9 Å². The highest BCUT2D eigenvalue weighted by Crippen LogP contribution is 2.40. The van der Waals surface area contributed by atoms with Gasteiger partial charge in [-0.15, -0.1) is 0 Å². The maximum absolute atomic E-state index is 12.9. The molecule has 1 aromatic carbocycles. The van der Waals surface area contributed by atoms with Crippen LogP contribution in [-0.4, -0.2) is 36.1 Å². The van der Waals surface area contributed by atoms with Gasteiger partial charge in [-0.25, -0.2) is 0 Å². The third-order valence-corrected chi connectivity index (χ3v) is 5.05. The zero-order valence-electron chi connectivity index (χ0n) is 15.4. The van der Waals surface area contributed by atoms with Crippen molar-refractivity contribution in [2.24, 2.45) is 11.8 Å². The van der Waals surface area contributed by atoms with E-state index in [1.165, 1.54) is 0 Å². The first-order valence-electron chi connectivity index (χ1n) is 9.11. The third-order valence-electron chi connectivity index (χ3n) is 5.05. The van der Waals surface area contributed by atoms with E-state index < -0.39 is 17.9 Å². The average molecular weight is 379 g/mol. The number of aromatic nitrogens is 1. The summed E-state index contributed by atoms with van der Waals surface area (Å²) < 4.78 is 10.9. The Morgan fingerprint density at radius 3 is 2.43 bits per heavy atom. The van der Waals surface area contributed by atoms with E-state index in [0.717, 1.165) is 5.56 Å². The van der Waals surface area contributed by atoms with Crippen molar-refractivity contribution >= 4 is 17.5 Å². The molecule has 0 saturated carbocycles. The third kappa shape index (κ3) is 3.61. The Balaban J connectivity index is 1.44. The van der Waals surface area contributed by atoms with Crippen LogP contribution >= 0.6 is 0 Å². The number of rotatable bonds is 6.